The molecule has 0 aliphatic carbocycles. The van der Waals surface area contributed by atoms with E-state index >= 15 is 0 Å². The first kappa shape index (κ1) is 13.3. The molecule has 0 aliphatic rings. The van der Waals surface area contributed by atoms with Gasteiger partial charge in [0.1, 0.15) is 22.6 Å². The lowest BCUT2D eigenvalue weighted by atomic mass is 10.3. The number of rotatable bonds is 4. The van der Waals surface area contributed by atoms with E-state index < -0.39 is 0 Å². The van der Waals surface area contributed by atoms with Crippen molar-refractivity contribution in [3.8, 4) is 6.07 Å². The Kier molecular flexibility index (Phi) is 3.90. The Bertz CT molecular complexity index is 707. The zero-order valence-electron chi connectivity index (χ0n) is 11.2. The summed E-state index contributed by atoms with van der Waals surface area (Å²) in [5, 5.41) is 8.94. The average molecular weight is 292 g/mol. The number of pyridine rings is 2. The number of nitriles is 1. The Morgan fingerprint density at radius 3 is 2.10 bits per heavy atom. The van der Waals surface area contributed by atoms with Gasteiger partial charge in [-0.05, 0) is 36.4 Å². The molecule has 3 heterocycles. The lowest BCUT2D eigenvalue weighted by Crippen LogP contribution is -2.17. The third-order valence-electron chi connectivity index (χ3n) is 2.94. The predicted octanol–water partition coefficient (Wildman–Crippen LogP) is 3.75. The van der Waals surface area contributed by atoms with Gasteiger partial charge in [-0.2, -0.15) is 5.26 Å². The molecule has 0 aromatic carbocycles. The van der Waals surface area contributed by atoms with Crippen LogP contribution in [0.1, 0.15) is 9.75 Å². The van der Waals surface area contributed by atoms with Gasteiger partial charge in [0.2, 0.25) is 0 Å². The number of hydrogen-bond donors (Lipinski definition) is 0. The molecule has 0 spiro atoms. The van der Waals surface area contributed by atoms with Gasteiger partial charge in [-0.3, -0.25) is 0 Å². The summed E-state index contributed by atoms with van der Waals surface area (Å²) < 4.78 is 0. The molecule has 5 heteroatoms. The van der Waals surface area contributed by atoms with E-state index in [0.717, 1.165) is 16.5 Å². The fourth-order valence-corrected chi connectivity index (χ4v) is 2.78. The largest absolute Gasteiger partial charge is 0.306 e. The summed E-state index contributed by atoms with van der Waals surface area (Å²) in [6, 6.07) is 17.6. The molecule has 0 saturated heterocycles. The number of nitrogens with zero attached hydrogens (tertiary/aromatic N) is 4. The summed E-state index contributed by atoms with van der Waals surface area (Å²) in [5.74, 6) is 1.67. The third kappa shape index (κ3) is 3.07. The minimum atomic E-state index is 0.639. The number of anilines is 2. The molecule has 102 valence electrons. The van der Waals surface area contributed by atoms with Gasteiger partial charge < -0.3 is 4.90 Å². The first-order valence-electron chi connectivity index (χ1n) is 6.45. The third-order valence-corrected chi connectivity index (χ3v) is 3.91. The molecule has 3 aromatic heterocycles. The standard InChI is InChI=1S/C16H12N4S/c17-11-13-7-8-14(21-13)12-20(15-5-1-3-9-18-15)16-6-2-4-10-19-16/h1-10H,12H2. The van der Waals surface area contributed by atoms with Crippen molar-refractivity contribution in [3.63, 3.8) is 0 Å². The zero-order valence-corrected chi connectivity index (χ0v) is 12.0. The lowest BCUT2D eigenvalue weighted by Gasteiger charge is -2.21. The molecule has 0 atom stereocenters. The highest BCUT2D eigenvalue weighted by Gasteiger charge is 2.13. The van der Waals surface area contributed by atoms with E-state index in [0.29, 0.717) is 11.4 Å². The Hall–Kier alpha value is -2.71. The maximum Gasteiger partial charge on any atom is 0.134 e. The quantitative estimate of drug-likeness (QED) is 0.735. The first-order chi connectivity index (χ1) is 10.4. The van der Waals surface area contributed by atoms with E-state index in [2.05, 4.69) is 16.0 Å². The molecular formula is C16H12N4S. The number of hydrogen-bond acceptors (Lipinski definition) is 5. The fourth-order valence-electron chi connectivity index (χ4n) is 1.98. The van der Waals surface area contributed by atoms with E-state index in [1.165, 1.54) is 11.3 Å². The van der Waals surface area contributed by atoms with E-state index in [9.17, 15) is 0 Å². The molecule has 21 heavy (non-hydrogen) atoms. The Morgan fingerprint density at radius 1 is 0.952 bits per heavy atom. The maximum atomic E-state index is 8.94. The topological polar surface area (TPSA) is 52.8 Å². The zero-order chi connectivity index (χ0) is 14.5. The van der Waals surface area contributed by atoms with Crippen molar-refractivity contribution in [1.82, 2.24) is 9.97 Å². The highest BCUT2D eigenvalue weighted by molar-refractivity contribution is 7.12. The molecule has 0 fully saturated rings. The van der Waals surface area contributed by atoms with Crippen LogP contribution in [0.15, 0.2) is 60.9 Å². The summed E-state index contributed by atoms with van der Waals surface area (Å²) in [6.45, 7) is 0.639. The van der Waals surface area contributed by atoms with Crippen LogP contribution < -0.4 is 4.90 Å². The van der Waals surface area contributed by atoms with Gasteiger partial charge in [-0.1, -0.05) is 12.1 Å². The Morgan fingerprint density at radius 2 is 1.62 bits per heavy atom. The van der Waals surface area contributed by atoms with Crippen molar-refractivity contribution in [1.29, 1.82) is 5.26 Å². The van der Waals surface area contributed by atoms with E-state index in [4.69, 9.17) is 5.26 Å². The van der Waals surface area contributed by atoms with Crippen LogP contribution in [-0.2, 0) is 6.54 Å². The van der Waals surface area contributed by atoms with Crippen LogP contribution in [0, 0.1) is 11.3 Å². The SMILES string of the molecule is N#Cc1ccc(CN(c2ccccn2)c2ccccn2)s1. The maximum absolute atomic E-state index is 8.94. The average Bonchev–Trinajstić information content (AvgIpc) is 3.02. The summed E-state index contributed by atoms with van der Waals surface area (Å²) in [6.07, 6.45) is 3.53. The second-order valence-corrected chi connectivity index (χ2v) is 5.51. The van der Waals surface area contributed by atoms with Crippen LogP contribution in [-0.4, -0.2) is 9.97 Å². The minimum absolute atomic E-state index is 0.639. The van der Waals surface area contributed by atoms with Crippen molar-refractivity contribution in [2.75, 3.05) is 4.90 Å². The van der Waals surface area contributed by atoms with Gasteiger partial charge in [0.25, 0.3) is 0 Å². The van der Waals surface area contributed by atoms with Crippen LogP contribution in [0.4, 0.5) is 11.6 Å². The van der Waals surface area contributed by atoms with Gasteiger partial charge >= 0.3 is 0 Å². The highest BCUT2D eigenvalue weighted by atomic mass is 32.1. The normalized spacial score (nSPS) is 10.0. The second kappa shape index (κ2) is 6.16. The van der Waals surface area contributed by atoms with E-state index in [1.807, 2.05) is 53.4 Å². The Labute approximate surface area is 127 Å². The van der Waals surface area contributed by atoms with Gasteiger partial charge in [-0.25, -0.2) is 9.97 Å². The molecule has 3 aromatic rings. The molecule has 4 nitrogen and oxygen atoms in total. The van der Waals surface area contributed by atoms with Crippen LogP contribution in [0.5, 0.6) is 0 Å². The predicted molar refractivity (Wildman–Crippen MR) is 83.4 cm³/mol. The molecule has 0 amide bonds. The fraction of sp³-hybridized carbons (Fsp3) is 0.0625. The van der Waals surface area contributed by atoms with Crippen molar-refractivity contribution < 1.29 is 0 Å². The molecule has 0 saturated carbocycles. The van der Waals surface area contributed by atoms with Crippen molar-refractivity contribution in [3.05, 3.63) is 70.7 Å². The number of thiophene rings is 1. The second-order valence-electron chi connectivity index (χ2n) is 4.34. The molecule has 0 radical (unpaired) electrons. The summed E-state index contributed by atoms with van der Waals surface area (Å²) >= 11 is 1.49. The molecule has 3 rings (SSSR count). The smallest absolute Gasteiger partial charge is 0.134 e. The van der Waals surface area contributed by atoms with E-state index in [1.54, 1.807) is 12.4 Å². The molecule has 0 unspecified atom stereocenters. The van der Waals surface area contributed by atoms with Crippen molar-refractivity contribution in [2.24, 2.45) is 0 Å². The molecule has 0 N–H and O–H groups in total. The minimum Gasteiger partial charge on any atom is -0.306 e. The van der Waals surface area contributed by atoms with Crippen LogP contribution in [0.2, 0.25) is 0 Å². The summed E-state index contributed by atoms with van der Waals surface area (Å²) in [7, 11) is 0. The number of aromatic nitrogens is 2. The molecule has 0 bridgehead atoms. The summed E-state index contributed by atoms with van der Waals surface area (Å²) in [4.78, 5) is 12.7. The first-order valence-corrected chi connectivity index (χ1v) is 7.27. The molecular weight excluding hydrogens is 280 g/mol. The van der Waals surface area contributed by atoms with Crippen LogP contribution in [0.3, 0.4) is 0 Å². The molecule has 0 aliphatic heterocycles. The van der Waals surface area contributed by atoms with E-state index in [-0.39, 0.29) is 0 Å². The van der Waals surface area contributed by atoms with Gasteiger partial charge in [0.15, 0.2) is 0 Å². The van der Waals surface area contributed by atoms with Gasteiger partial charge in [-0.15, -0.1) is 11.3 Å². The monoisotopic (exact) mass is 292 g/mol. The van der Waals surface area contributed by atoms with Gasteiger partial charge in [0, 0.05) is 17.3 Å². The van der Waals surface area contributed by atoms with Crippen LogP contribution in [0.25, 0.3) is 0 Å². The van der Waals surface area contributed by atoms with Crippen molar-refractivity contribution >= 4 is 23.0 Å². The Balaban J connectivity index is 1.95. The van der Waals surface area contributed by atoms with Crippen molar-refractivity contribution in [2.45, 2.75) is 6.54 Å². The van der Waals surface area contributed by atoms with Crippen LogP contribution >= 0.6 is 11.3 Å². The summed E-state index contributed by atoms with van der Waals surface area (Å²) in [5.41, 5.74) is 0. The lowest BCUT2D eigenvalue weighted by molar-refractivity contribution is 0.938. The van der Waals surface area contributed by atoms with Gasteiger partial charge in [0.05, 0.1) is 6.54 Å². The highest BCUT2D eigenvalue weighted by Crippen LogP contribution is 2.26.